The van der Waals surface area contributed by atoms with E-state index in [-0.39, 0.29) is 0 Å². The summed E-state index contributed by atoms with van der Waals surface area (Å²) in [5, 5.41) is 6.62. The van der Waals surface area contributed by atoms with Crippen LogP contribution < -0.4 is 0 Å². The molecule has 4 heteroatoms. The first-order valence-corrected chi connectivity index (χ1v) is 4.35. The van der Waals surface area contributed by atoms with E-state index in [1.165, 1.54) is 6.33 Å². The van der Waals surface area contributed by atoms with Crippen molar-refractivity contribution in [1.29, 1.82) is 0 Å². The molecule has 1 aromatic rings. The van der Waals surface area contributed by atoms with Crippen molar-refractivity contribution in [3.05, 3.63) is 24.3 Å². The van der Waals surface area contributed by atoms with Crippen LogP contribution in [0.2, 0.25) is 0 Å². The molecule has 2 rings (SSSR count). The number of H-pyrrole nitrogens is 1. The van der Waals surface area contributed by atoms with Gasteiger partial charge in [0.05, 0.1) is 5.41 Å². The first-order valence-electron chi connectivity index (χ1n) is 4.35. The average molecular weight is 177 g/mol. The van der Waals surface area contributed by atoms with Gasteiger partial charge in [0.2, 0.25) is 0 Å². The van der Waals surface area contributed by atoms with Crippen LogP contribution in [0, 0.1) is 0 Å². The molecule has 1 N–H and O–H groups in total. The molecule has 0 amide bonds. The van der Waals surface area contributed by atoms with Crippen molar-refractivity contribution >= 4 is 6.29 Å². The lowest BCUT2D eigenvalue weighted by Gasteiger charge is -2.25. The predicted octanol–water partition coefficient (Wildman–Crippen LogP) is 0.981. The Labute approximate surface area is 76.1 Å². The lowest BCUT2D eigenvalue weighted by atomic mass is 9.78. The van der Waals surface area contributed by atoms with E-state index < -0.39 is 5.41 Å². The van der Waals surface area contributed by atoms with Gasteiger partial charge in [0.25, 0.3) is 0 Å². The Morgan fingerprint density at radius 2 is 2.46 bits per heavy atom. The van der Waals surface area contributed by atoms with E-state index in [2.05, 4.69) is 21.3 Å². The van der Waals surface area contributed by atoms with Gasteiger partial charge in [-0.15, -0.1) is 0 Å². The number of rotatable bonds is 2. The zero-order valence-electron chi connectivity index (χ0n) is 7.23. The highest BCUT2D eigenvalue weighted by Gasteiger charge is 2.35. The summed E-state index contributed by atoms with van der Waals surface area (Å²) in [4.78, 5) is 15.1. The maximum absolute atomic E-state index is 11.1. The van der Waals surface area contributed by atoms with Crippen molar-refractivity contribution in [1.82, 2.24) is 15.2 Å². The van der Waals surface area contributed by atoms with E-state index in [0.29, 0.717) is 12.2 Å². The molecule has 1 atom stereocenters. The third-order valence-electron chi connectivity index (χ3n) is 2.49. The maximum Gasteiger partial charge on any atom is 0.163 e. The van der Waals surface area contributed by atoms with Gasteiger partial charge in [0, 0.05) is 0 Å². The molecule has 68 valence electrons. The lowest BCUT2D eigenvalue weighted by Crippen LogP contribution is -2.30. The molecule has 0 spiro atoms. The fourth-order valence-corrected chi connectivity index (χ4v) is 1.67. The summed E-state index contributed by atoms with van der Waals surface area (Å²) in [6.07, 6.45) is 9.05. The molecule has 0 fully saturated rings. The second-order valence-electron chi connectivity index (χ2n) is 3.31. The summed E-state index contributed by atoms with van der Waals surface area (Å²) >= 11 is 0. The van der Waals surface area contributed by atoms with Crippen LogP contribution in [0.1, 0.15) is 25.1 Å². The molecule has 1 aliphatic carbocycles. The number of aldehydes is 1. The van der Waals surface area contributed by atoms with Gasteiger partial charge < -0.3 is 4.79 Å². The van der Waals surface area contributed by atoms with Crippen LogP contribution in [0.3, 0.4) is 0 Å². The number of allylic oxidation sites excluding steroid dienone is 2. The van der Waals surface area contributed by atoms with Gasteiger partial charge in [-0.05, 0) is 19.3 Å². The van der Waals surface area contributed by atoms with Gasteiger partial charge >= 0.3 is 0 Å². The van der Waals surface area contributed by atoms with Gasteiger partial charge in [0.15, 0.2) is 5.82 Å². The van der Waals surface area contributed by atoms with E-state index >= 15 is 0 Å². The smallest absolute Gasteiger partial charge is 0.163 e. The van der Waals surface area contributed by atoms with E-state index in [1.807, 2.05) is 6.08 Å². The lowest BCUT2D eigenvalue weighted by molar-refractivity contribution is -0.113. The fourth-order valence-electron chi connectivity index (χ4n) is 1.67. The highest BCUT2D eigenvalue weighted by atomic mass is 16.1. The Hall–Kier alpha value is -1.45. The molecule has 0 bridgehead atoms. The Kier molecular flexibility index (Phi) is 1.96. The number of aromatic nitrogens is 3. The summed E-state index contributed by atoms with van der Waals surface area (Å²) in [5.41, 5.74) is -0.477. The van der Waals surface area contributed by atoms with Crippen LogP contribution in [0.5, 0.6) is 0 Å². The van der Waals surface area contributed by atoms with Crippen LogP contribution in [-0.2, 0) is 10.2 Å². The van der Waals surface area contributed by atoms with Crippen LogP contribution in [-0.4, -0.2) is 21.5 Å². The molecule has 1 aromatic heterocycles. The molecule has 0 saturated carbocycles. The zero-order valence-corrected chi connectivity index (χ0v) is 7.23. The Morgan fingerprint density at radius 1 is 1.54 bits per heavy atom. The van der Waals surface area contributed by atoms with Crippen molar-refractivity contribution in [2.24, 2.45) is 0 Å². The molecule has 0 saturated heterocycles. The van der Waals surface area contributed by atoms with Crippen molar-refractivity contribution in [3.8, 4) is 0 Å². The normalized spacial score (nSPS) is 27.4. The summed E-state index contributed by atoms with van der Waals surface area (Å²) in [7, 11) is 0. The molecule has 1 unspecified atom stereocenters. The maximum atomic E-state index is 11.1. The Bertz CT molecular complexity index is 318. The van der Waals surface area contributed by atoms with Crippen LogP contribution >= 0.6 is 0 Å². The van der Waals surface area contributed by atoms with Gasteiger partial charge in [-0.1, -0.05) is 12.2 Å². The Morgan fingerprint density at radius 3 is 3.00 bits per heavy atom. The first kappa shape index (κ1) is 8.16. The number of hydrogen-bond acceptors (Lipinski definition) is 3. The minimum atomic E-state index is -0.477. The quantitative estimate of drug-likeness (QED) is 0.541. The largest absolute Gasteiger partial charge is 0.302 e. The first-order chi connectivity index (χ1) is 6.37. The minimum Gasteiger partial charge on any atom is -0.302 e. The van der Waals surface area contributed by atoms with E-state index in [1.54, 1.807) is 0 Å². The molecule has 0 aromatic carbocycles. The van der Waals surface area contributed by atoms with Crippen LogP contribution in [0.15, 0.2) is 18.5 Å². The fraction of sp³-hybridized carbons (Fsp3) is 0.444. The third kappa shape index (κ3) is 1.28. The topological polar surface area (TPSA) is 58.6 Å². The van der Waals surface area contributed by atoms with Crippen LogP contribution in [0.4, 0.5) is 0 Å². The van der Waals surface area contributed by atoms with Gasteiger partial charge in [0.1, 0.15) is 12.6 Å². The van der Waals surface area contributed by atoms with Gasteiger partial charge in [-0.3, -0.25) is 5.10 Å². The summed E-state index contributed by atoms with van der Waals surface area (Å²) in [5.74, 6) is 0.617. The second kappa shape index (κ2) is 3.12. The molecule has 13 heavy (non-hydrogen) atoms. The second-order valence-corrected chi connectivity index (χ2v) is 3.31. The highest BCUT2D eigenvalue weighted by Crippen LogP contribution is 2.31. The third-order valence-corrected chi connectivity index (χ3v) is 2.49. The molecule has 0 aliphatic heterocycles. The molecule has 1 heterocycles. The molecular formula is C9H11N3O. The van der Waals surface area contributed by atoms with E-state index in [0.717, 1.165) is 19.1 Å². The van der Waals surface area contributed by atoms with E-state index in [4.69, 9.17) is 0 Å². The summed E-state index contributed by atoms with van der Waals surface area (Å²) < 4.78 is 0. The van der Waals surface area contributed by atoms with Crippen molar-refractivity contribution < 1.29 is 4.79 Å². The molecule has 4 nitrogen and oxygen atoms in total. The van der Waals surface area contributed by atoms with Crippen molar-refractivity contribution in [2.45, 2.75) is 24.7 Å². The Balaban J connectivity index is 2.35. The number of carbonyl (C=O) groups is 1. The number of aromatic amines is 1. The van der Waals surface area contributed by atoms with E-state index in [9.17, 15) is 4.79 Å². The minimum absolute atomic E-state index is 0.477. The number of nitrogens with zero attached hydrogens (tertiary/aromatic N) is 2. The zero-order chi connectivity index (χ0) is 9.15. The number of carbonyl (C=O) groups excluding carboxylic acids is 1. The summed E-state index contributed by atoms with van der Waals surface area (Å²) in [6.45, 7) is 0. The van der Waals surface area contributed by atoms with Crippen LogP contribution in [0.25, 0.3) is 0 Å². The molecular weight excluding hydrogens is 166 g/mol. The standard InChI is InChI=1S/C9H11N3O/c13-6-9(4-2-1-3-5-9)8-10-7-11-12-8/h1-2,6-7H,3-5H2,(H,10,11,12). The highest BCUT2D eigenvalue weighted by molar-refractivity contribution is 5.67. The average Bonchev–Trinajstić information content (AvgIpc) is 2.72. The predicted molar refractivity (Wildman–Crippen MR) is 47.1 cm³/mol. The number of nitrogens with one attached hydrogen (secondary N) is 1. The van der Waals surface area contributed by atoms with Gasteiger partial charge in [-0.25, -0.2) is 4.98 Å². The monoisotopic (exact) mass is 177 g/mol. The SMILES string of the molecule is O=CC1(c2nc[nH]n2)CC=CCC1. The molecule has 1 aliphatic rings. The summed E-state index contributed by atoms with van der Waals surface area (Å²) in [6, 6.07) is 0. The van der Waals surface area contributed by atoms with Crippen molar-refractivity contribution in [3.63, 3.8) is 0 Å². The molecule has 0 radical (unpaired) electrons. The van der Waals surface area contributed by atoms with Gasteiger partial charge in [-0.2, -0.15) is 5.10 Å². The van der Waals surface area contributed by atoms with Crippen molar-refractivity contribution in [2.75, 3.05) is 0 Å². The number of hydrogen-bond donors (Lipinski definition) is 1.